The van der Waals surface area contributed by atoms with Crippen LogP contribution in [0, 0.1) is 12.8 Å². The number of hydrogen-bond donors (Lipinski definition) is 0. The molecule has 0 saturated carbocycles. The van der Waals surface area contributed by atoms with E-state index in [0.717, 1.165) is 11.8 Å². The van der Waals surface area contributed by atoms with E-state index in [9.17, 15) is 0 Å². The molecule has 0 amide bonds. The molecule has 1 aromatic carbocycles. The molecular weight excluding hydrogens is 168 g/mol. The van der Waals surface area contributed by atoms with E-state index in [1.165, 1.54) is 24.8 Å². The van der Waals surface area contributed by atoms with Crippen molar-refractivity contribution in [1.82, 2.24) is 0 Å². The lowest BCUT2D eigenvalue weighted by molar-refractivity contribution is 0.442. The highest BCUT2D eigenvalue weighted by Gasteiger charge is 2.27. The monoisotopic (exact) mass is 188 g/mol. The summed E-state index contributed by atoms with van der Waals surface area (Å²) in [6.45, 7) is 6.96. The standard InChI is InChI=1S/C14H20/c1-4-10(2)13-9-8-12-7-5-6-11(3)14(12)13/h5-7,10,13H,4,8-9H2,1-3H3. The van der Waals surface area contributed by atoms with Crippen molar-refractivity contribution < 1.29 is 0 Å². The van der Waals surface area contributed by atoms with Gasteiger partial charge in [-0.05, 0) is 48.3 Å². The molecule has 0 heterocycles. The fourth-order valence-corrected chi connectivity index (χ4v) is 2.80. The van der Waals surface area contributed by atoms with Gasteiger partial charge in [-0.1, -0.05) is 38.5 Å². The zero-order chi connectivity index (χ0) is 10.1. The van der Waals surface area contributed by atoms with Crippen LogP contribution in [0.2, 0.25) is 0 Å². The summed E-state index contributed by atoms with van der Waals surface area (Å²) in [6.07, 6.45) is 3.97. The largest absolute Gasteiger partial charge is 0.0651 e. The van der Waals surface area contributed by atoms with Gasteiger partial charge in [-0.3, -0.25) is 0 Å². The van der Waals surface area contributed by atoms with Crippen LogP contribution in [0.5, 0.6) is 0 Å². The summed E-state index contributed by atoms with van der Waals surface area (Å²) in [4.78, 5) is 0. The van der Waals surface area contributed by atoms with Crippen LogP contribution in [-0.4, -0.2) is 0 Å². The summed E-state index contributed by atoms with van der Waals surface area (Å²) in [5.74, 6) is 1.67. The third kappa shape index (κ3) is 1.47. The van der Waals surface area contributed by atoms with Crippen LogP contribution >= 0.6 is 0 Å². The van der Waals surface area contributed by atoms with Gasteiger partial charge in [0.25, 0.3) is 0 Å². The van der Waals surface area contributed by atoms with E-state index >= 15 is 0 Å². The molecule has 0 heteroatoms. The maximum absolute atomic E-state index is 2.40. The number of fused-ring (bicyclic) bond motifs is 1. The molecule has 2 atom stereocenters. The van der Waals surface area contributed by atoms with Gasteiger partial charge in [0, 0.05) is 0 Å². The Hall–Kier alpha value is -0.780. The van der Waals surface area contributed by atoms with Crippen LogP contribution in [-0.2, 0) is 6.42 Å². The summed E-state index contributed by atoms with van der Waals surface area (Å²) in [5.41, 5.74) is 4.78. The highest BCUT2D eigenvalue weighted by atomic mass is 14.3. The molecule has 0 aromatic heterocycles. The van der Waals surface area contributed by atoms with Crippen LogP contribution in [0.4, 0.5) is 0 Å². The third-order valence-electron chi connectivity index (χ3n) is 3.84. The molecule has 0 radical (unpaired) electrons. The Labute approximate surface area is 87.3 Å². The Bertz CT molecular complexity index is 325. The van der Waals surface area contributed by atoms with Crippen molar-refractivity contribution in [1.29, 1.82) is 0 Å². The Balaban J connectivity index is 2.38. The molecule has 0 N–H and O–H groups in total. The first-order chi connectivity index (χ1) is 6.74. The first kappa shape index (κ1) is 9.76. The van der Waals surface area contributed by atoms with Crippen molar-refractivity contribution in [3.63, 3.8) is 0 Å². The molecule has 0 nitrogen and oxygen atoms in total. The lowest BCUT2D eigenvalue weighted by atomic mass is 9.85. The van der Waals surface area contributed by atoms with E-state index in [-0.39, 0.29) is 0 Å². The molecule has 0 spiro atoms. The van der Waals surface area contributed by atoms with Crippen LogP contribution in [0.15, 0.2) is 18.2 Å². The fraction of sp³-hybridized carbons (Fsp3) is 0.571. The van der Waals surface area contributed by atoms with Gasteiger partial charge in [0.1, 0.15) is 0 Å². The SMILES string of the molecule is CCC(C)C1CCc2cccc(C)c21. The van der Waals surface area contributed by atoms with Crippen molar-refractivity contribution in [2.75, 3.05) is 0 Å². The van der Waals surface area contributed by atoms with Crippen molar-refractivity contribution in [3.8, 4) is 0 Å². The molecule has 76 valence electrons. The minimum atomic E-state index is 0.830. The minimum Gasteiger partial charge on any atom is -0.0651 e. The van der Waals surface area contributed by atoms with Crippen LogP contribution < -0.4 is 0 Å². The van der Waals surface area contributed by atoms with Crippen molar-refractivity contribution in [2.24, 2.45) is 5.92 Å². The molecule has 0 fully saturated rings. The molecule has 0 saturated heterocycles. The number of aryl methyl sites for hydroxylation is 2. The van der Waals surface area contributed by atoms with E-state index in [4.69, 9.17) is 0 Å². The third-order valence-corrected chi connectivity index (χ3v) is 3.84. The van der Waals surface area contributed by atoms with Crippen molar-refractivity contribution in [2.45, 2.75) is 46.0 Å². The quantitative estimate of drug-likeness (QED) is 0.656. The number of benzene rings is 1. The summed E-state index contributed by atoms with van der Waals surface area (Å²) in [5, 5.41) is 0. The molecular formula is C14H20. The Morgan fingerprint density at radius 3 is 2.93 bits per heavy atom. The van der Waals surface area contributed by atoms with Crippen LogP contribution in [0.3, 0.4) is 0 Å². The average Bonchev–Trinajstić information content (AvgIpc) is 2.62. The predicted octanol–water partition coefficient (Wildman–Crippen LogP) is 4.07. The molecule has 0 bridgehead atoms. The molecule has 1 aliphatic rings. The smallest absolute Gasteiger partial charge is 0.0128 e. The molecule has 14 heavy (non-hydrogen) atoms. The summed E-state index contributed by atoms with van der Waals surface area (Å²) < 4.78 is 0. The maximum atomic E-state index is 2.40. The predicted molar refractivity (Wildman–Crippen MR) is 61.7 cm³/mol. The molecule has 2 rings (SSSR count). The van der Waals surface area contributed by atoms with Gasteiger partial charge in [0.15, 0.2) is 0 Å². The second-order valence-electron chi connectivity index (χ2n) is 4.68. The Kier molecular flexibility index (Phi) is 2.62. The van der Waals surface area contributed by atoms with Gasteiger partial charge < -0.3 is 0 Å². The zero-order valence-corrected chi connectivity index (χ0v) is 9.51. The highest BCUT2D eigenvalue weighted by molar-refractivity contribution is 5.41. The van der Waals surface area contributed by atoms with Gasteiger partial charge in [-0.2, -0.15) is 0 Å². The minimum absolute atomic E-state index is 0.830. The van der Waals surface area contributed by atoms with E-state index in [1.54, 1.807) is 11.1 Å². The average molecular weight is 188 g/mol. The topological polar surface area (TPSA) is 0 Å². The lowest BCUT2D eigenvalue weighted by Crippen LogP contribution is -2.06. The van der Waals surface area contributed by atoms with Gasteiger partial charge in [-0.25, -0.2) is 0 Å². The molecule has 1 aliphatic carbocycles. The number of hydrogen-bond acceptors (Lipinski definition) is 0. The van der Waals surface area contributed by atoms with Gasteiger partial charge in [-0.15, -0.1) is 0 Å². The summed E-state index contributed by atoms with van der Waals surface area (Å²) >= 11 is 0. The van der Waals surface area contributed by atoms with E-state index < -0.39 is 0 Å². The van der Waals surface area contributed by atoms with Crippen molar-refractivity contribution in [3.05, 3.63) is 34.9 Å². The molecule has 1 aromatic rings. The van der Waals surface area contributed by atoms with Gasteiger partial charge >= 0.3 is 0 Å². The van der Waals surface area contributed by atoms with Crippen LogP contribution in [0.1, 0.15) is 49.3 Å². The van der Waals surface area contributed by atoms with Crippen molar-refractivity contribution >= 4 is 0 Å². The zero-order valence-electron chi connectivity index (χ0n) is 9.51. The molecule has 2 unspecified atom stereocenters. The number of rotatable bonds is 2. The highest BCUT2D eigenvalue weighted by Crippen LogP contribution is 2.40. The van der Waals surface area contributed by atoms with E-state index in [0.29, 0.717) is 0 Å². The Morgan fingerprint density at radius 2 is 2.21 bits per heavy atom. The first-order valence-corrected chi connectivity index (χ1v) is 5.82. The van der Waals surface area contributed by atoms with Gasteiger partial charge in [0.05, 0.1) is 0 Å². The van der Waals surface area contributed by atoms with Gasteiger partial charge in [0.2, 0.25) is 0 Å². The van der Waals surface area contributed by atoms with E-state index in [2.05, 4.69) is 39.0 Å². The summed E-state index contributed by atoms with van der Waals surface area (Å²) in [6, 6.07) is 6.78. The molecule has 0 aliphatic heterocycles. The summed E-state index contributed by atoms with van der Waals surface area (Å²) in [7, 11) is 0. The second-order valence-corrected chi connectivity index (χ2v) is 4.68. The lowest BCUT2D eigenvalue weighted by Gasteiger charge is -2.20. The maximum Gasteiger partial charge on any atom is -0.0128 e. The first-order valence-electron chi connectivity index (χ1n) is 5.82. The fourth-order valence-electron chi connectivity index (χ4n) is 2.80. The van der Waals surface area contributed by atoms with E-state index in [1.807, 2.05) is 0 Å². The Morgan fingerprint density at radius 1 is 1.43 bits per heavy atom. The second kappa shape index (κ2) is 3.76. The van der Waals surface area contributed by atoms with Crippen LogP contribution in [0.25, 0.3) is 0 Å². The normalized spacial score (nSPS) is 22.1.